The minimum absolute atomic E-state index is 0.229. The molecule has 0 unspecified atom stereocenters. The zero-order valence-electron chi connectivity index (χ0n) is 20.2. The third-order valence-electron chi connectivity index (χ3n) is 5.03. The maximum Gasteiger partial charge on any atom is 0.329 e. The molecule has 0 aliphatic carbocycles. The van der Waals surface area contributed by atoms with Crippen molar-refractivity contribution < 1.29 is 28.2 Å². The molecule has 0 saturated carbocycles. The zero-order valence-corrected chi connectivity index (χ0v) is 22.4. The monoisotopic (exact) mass is 618 g/mol. The molecular formula is C26H24FIN4O5. The van der Waals surface area contributed by atoms with Crippen molar-refractivity contribution >= 4 is 57.9 Å². The van der Waals surface area contributed by atoms with Crippen LogP contribution in [-0.2, 0) is 14.4 Å². The van der Waals surface area contributed by atoms with Gasteiger partial charge in [0.05, 0.1) is 16.9 Å². The maximum atomic E-state index is 13.0. The van der Waals surface area contributed by atoms with Crippen LogP contribution in [0.5, 0.6) is 11.5 Å². The molecule has 9 nitrogen and oxygen atoms in total. The van der Waals surface area contributed by atoms with Crippen LogP contribution < -0.4 is 25.5 Å². The van der Waals surface area contributed by atoms with Crippen LogP contribution in [0.3, 0.4) is 0 Å². The molecule has 192 valence electrons. The Morgan fingerprint density at radius 1 is 1.00 bits per heavy atom. The Bertz CT molecular complexity index is 1330. The average Bonchev–Trinajstić information content (AvgIpc) is 2.86. The molecule has 3 amide bonds. The molecule has 0 atom stereocenters. The smallest absolute Gasteiger partial charge is 0.329 e. The number of para-hydroxylation sites is 1. The topological polar surface area (TPSA) is 118 Å². The van der Waals surface area contributed by atoms with E-state index in [0.717, 1.165) is 28.9 Å². The predicted octanol–water partition coefficient (Wildman–Crippen LogP) is 4.16. The Balaban J connectivity index is 1.59. The molecule has 0 aromatic heterocycles. The first-order valence-electron chi connectivity index (χ1n) is 10.9. The molecule has 37 heavy (non-hydrogen) atoms. The molecule has 3 aromatic rings. The molecule has 0 heterocycles. The SMILES string of the molecule is COc1cc(/C=N\NC(=O)C(=O)Nc2ccc(F)cc2)cc(I)c1OCC(=O)Nc1c(C)cccc1C. The summed E-state index contributed by atoms with van der Waals surface area (Å²) in [6, 6.07) is 14.0. The van der Waals surface area contributed by atoms with Gasteiger partial charge in [-0.15, -0.1) is 0 Å². The first-order valence-corrected chi connectivity index (χ1v) is 12.0. The van der Waals surface area contributed by atoms with Crippen LogP contribution in [0, 0.1) is 23.2 Å². The van der Waals surface area contributed by atoms with Crippen molar-refractivity contribution in [3.63, 3.8) is 0 Å². The number of amides is 3. The molecule has 3 N–H and O–H groups in total. The number of rotatable bonds is 8. The lowest BCUT2D eigenvalue weighted by Crippen LogP contribution is -2.32. The zero-order chi connectivity index (χ0) is 26.9. The van der Waals surface area contributed by atoms with Gasteiger partial charge in [-0.2, -0.15) is 5.10 Å². The summed E-state index contributed by atoms with van der Waals surface area (Å²) in [4.78, 5) is 36.4. The third kappa shape index (κ3) is 7.74. The van der Waals surface area contributed by atoms with Crippen LogP contribution in [0.2, 0.25) is 0 Å². The summed E-state index contributed by atoms with van der Waals surface area (Å²) in [5.41, 5.74) is 5.58. The number of aryl methyl sites for hydroxylation is 2. The van der Waals surface area contributed by atoms with E-state index in [1.165, 1.54) is 25.5 Å². The van der Waals surface area contributed by atoms with Gasteiger partial charge >= 0.3 is 11.8 Å². The Morgan fingerprint density at radius 3 is 2.32 bits per heavy atom. The van der Waals surface area contributed by atoms with Gasteiger partial charge in [-0.3, -0.25) is 14.4 Å². The number of benzene rings is 3. The molecule has 0 saturated heterocycles. The second-order valence-electron chi connectivity index (χ2n) is 7.80. The lowest BCUT2D eigenvalue weighted by Gasteiger charge is -2.15. The van der Waals surface area contributed by atoms with E-state index in [0.29, 0.717) is 20.6 Å². The quantitative estimate of drug-likeness (QED) is 0.152. The highest BCUT2D eigenvalue weighted by molar-refractivity contribution is 14.1. The van der Waals surface area contributed by atoms with E-state index in [4.69, 9.17) is 9.47 Å². The van der Waals surface area contributed by atoms with Crippen LogP contribution >= 0.6 is 22.6 Å². The van der Waals surface area contributed by atoms with E-state index in [1.54, 1.807) is 12.1 Å². The average molecular weight is 618 g/mol. The number of hydrogen-bond acceptors (Lipinski definition) is 6. The molecule has 3 aromatic carbocycles. The van der Waals surface area contributed by atoms with Gasteiger partial charge in [0.25, 0.3) is 5.91 Å². The van der Waals surface area contributed by atoms with Crippen molar-refractivity contribution in [1.82, 2.24) is 5.43 Å². The molecule has 0 aliphatic rings. The minimum atomic E-state index is -1.00. The van der Waals surface area contributed by atoms with Gasteiger partial charge in [-0.05, 0) is 89.5 Å². The van der Waals surface area contributed by atoms with Crippen LogP contribution in [-0.4, -0.2) is 37.7 Å². The van der Waals surface area contributed by atoms with E-state index in [1.807, 2.05) is 54.6 Å². The molecule has 0 spiro atoms. The van der Waals surface area contributed by atoms with Gasteiger partial charge in [-0.25, -0.2) is 9.82 Å². The predicted molar refractivity (Wildman–Crippen MR) is 147 cm³/mol. The van der Waals surface area contributed by atoms with Crippen molar-refractivity contribution in [1.29, 1.82) is 0 Å². The number of carbonyl (C=O) groups excluding carboxylic acids is 3. The molecule has 0 fully saturated rings. The lowest BCUT2D eigenvalue weighted by atomic mass is 10.1. The van der Waals surface area contributed by atoms with Gasteiger partial charge in [0.2, 0.25) is 0 Å². The standard InChI is InChI=1S/C26H24FIN4O5/c1-15-5-4-6-16(2)23(15)31-22(33)14-37-24-20(28)11-17(12-21(24)36-3)13-29-32-26(35)25(34)30-19-9-7-18(27)8-10-19/h4-13H,14H2,1-3H3,(H,30,34)(H,31,33)(H,32,35)/b29-13-. The van der Waals surface area contributed by atoms with E-state index < -0.39 is 17.6 Å². The largest absolute Gasteiger partial charge is 0.493 e. The van der Waals surface area contributed by atoms with Gasteiger partial charge in [0.1, 0.15) is 5.82 Å². The summed E-state index contributed by atoms with van der Waals surface area (Å²) < 4.78 is 24.7. The van der Waals surface area contributed by atoms with Crippen LogP contribution in [0.1, 0.15) is 16.7 Å². The third-order valence-corrected chi connectivity index (χ3v) is 5.83. The van der Waals surface area contributed by atoms with Crippen molar-refractivity contribution in [2.75, 3.05) is 24.4 Å². The molecule has 0 aliphatic heterocycles. The highest BCUT2D eigenvalue weighted by Crippen LogP contribution is 2.33. The highest BCUT2D eigenvalue weighted by Gasteiger charge is 2.15. The summed E-state index contributed by atoms with van der Waals surface area (Å²) in [7, 11) is 1.46. The van der Waals surface area contributed by atoms with E-state index in [9.17, 15) is 18.8 Å². The summed E-state index contributed by atoms with van der Waals surface area (Å²) in [5, 5.41) is 8.99. The number of carbonyl (C=O) groups is 3. The summed E-state index contributed by atoms with van der Waals surface area (Å²) in [6.45, 7) is 3.60. The normalized spacial score (nSPS) is 10.6. The first-order chi connectivity index (χ1) is 17.7. The van der Waals surface area contributed by atoms with E-state index >= 15 is 0 Å². The number of anilines is 2. The highest BCUT2D eigenvalue weighted by atomic mass is 127. The molecule has 11 heteroatoms. The van der Waals surface area contributed by atoms with Gasteiger partial charge in [-0.1, -0.05) is 18.2 Å². The van der Waals surface area contributed by atoms with Crippen molar-refractivity contribution in [2.24, 2.45) is 5.10 Å². The number of nitrogens with zero attached hydrogens (tertiary/aromatic N) is 1. The first kappa shape index (κ1) is 27.6. The molecule has 0 radical (unpaired) electrons. The lowest BCUT2D eigenvalue weighted by molar-refractivity contribution is -0.136. The summed E-state index contributed by atoms with van der Waals surface area (Å²) >= 11 is 2.03. The van der Waals surface area contributed by atoms with Crippen molar-refractivity contribution in [3.8, 4) is 11.5 Å². The van der Waals surface area contributed by atoms with Crippen molar-refractivity contribution in [2.45, 2.75) is 13.8 Å². The minimum Gasteiger partial charge on any atom is -0.493 e. The Morgan fingerprint density at radius 2 is 1.68 bits per heavy atom. The fourth-order valence-electron chi connectivity index (χ4n) is 3.22. The second-order valence-corrected chi connectivity index (χ2v) is 8.96. The fraction of sp³-hybridized carbons (Fsp3) is 0.154. The van der Waals surface area contributed by atoms with Crippen LogP contribution in [0.15, 0.2) is 59.7 Å². The van der Waals surface area contributed by atoms with Gasteiger partial charge < -0.3 is 20.1 Å². The van der Waals surface area contributed by atoms with E-state index in [-0.39, 0.29) is 18.2 Å². The second kappa shape index (κ2) is 12.8. The Hall–Kier alpha value is -4.00. The number of ether oxygens (including phenoxy) is 2. The maximum absolute atomic E-state index is 13.0. The van der Waals surface area contributed by atoms with Gasteiger partial charge in [0.15, 0.2) is 18.1 Å². The Labute approximate surface area is 226 Å². The summed E-state index contributed by atoms with van der Waals surface area (Å²) in [6.07, 6.45) is 1.32. The Kier molecular flexibility index (Phi) is 9.55. The summed E-state index contributed by atoms with van der Waals surface area (Å²) in [5.74, 6) is -2.01. The van der Waals surface area contributed by atoms with E-state index in [2.05, 4.69) is 21.2 Å². The van der Waals surface area contributed by atoms with Crippen LogP contribution in [0.4, 0.5) is 15.8 Å². The van der Waals surface area contributed by atoms with Crippen molar-refractivity contribution in [3.05, 3.63) is 80.7 Å². The van der Waals surface area contributed by atoms with Gasteiger partial charge in [0, 0.05) is 11.4 Å². The molecular weight excluding hydrogens is 594 g/mol. The number of methoxy groups -OCH3 is 1. The molecule has 3 rings (SSSR count). The number of nitrogens with one attached hydrogen (secondary N) is 3. The van der Waals surface area contributed by atoms with Crippen LogP contribution in [0.25, 0.3) is 0 Å². The molecule has 0 bridgehead atoms. The number of hydrogen-bond donors (Lipinski definition) is 3. The number of hydrazone groups is 1. The number of halogens is 2. The fourth-order valence-corrected chi connectivity index (χ4v) is 4.00.